The van der Waals surface area contributed by atoms with Crippen molar-refractivity contribution in [3.8, 4) is 11.5 Å². The van der Waals surface area contributed by atoms with Crippen molar-refractivity contribution < 1.29 is 20.1 Å². The van der Waals surface area contributed by atoms with Gasteiger partial charge >= 0.3 is 5.97 Å². The fourth-order valence-electron chi connectivity index (χ4n) is 5.32. The minimum atomic E-state index is -0.852. The lowest BCUT2D eigenvalue weighted by Gasteiger charge is -2.58. The van der Waals surface area contributed by atoms with Crippen molar-refractivity contribution in [2.75, 3.05) is 0 Å². The molecule has 0 spiro atoms. The van der Waals surface area contributed by atoms with E-state index in [1.165, 1.54) is 6.07 Å². The second-order valence-corrected chi connectivity index (χ2v) is 9.05. The number of phenols is 2. The fraction of sp³-hybridized carbons (Fsp3) is 0.522. The lowest BCUT2D eigenvalue weighted by molar-refractivity contribution is -0.138. The van der Waals surface area contributed by atoms with Gasteiger partial charge in [0.15, 0.2) is 0 Å². The van der Waals surface area contributed by atoms with Crippen molar-refractivity contribution in [2.45, 2.75) is 58.3 Å². The molecule has 3 N–H and O–H groups in total. The Hall–Kier alpha value is -2.23. The molecule has 0 bridgehead atoms. The molecule has 4 nitrogen and oxygen atoms in total. The van der Waals surface area contributed by atoms with E-state index in [4.69, 9.17) is 0 Å². The van der Waals surface area contributed by atoms with Crippen LogP contribution in [0, 0.1) is 16.7 Å². The van der Waals surface area contributed by atoms with Gasteiger partial charge in [0.25, 0.3) is 0 Å². The molecule has 146 valence electrons. The van der Waals surface area contributed by atoms with Gasteiger partial charge in [-0.05, 0) is 24.3 Å². The van der Waals surface area contributed by atoms with Gasteiger partial charge in [-0.25, -0.2) is 0 Å². The van der Waals surface area contributed by atoms with Crippen LogP contribution in [0.3, 0.4) is 0 Å². The van der Waals surface area contributed by atoms with E-state index in [1.807, 2.05) is 6.07 Å². The molecule has 0 saturated heterocycles. The molecule has 0 heterocycles. The van der Waals surface area contributed by atoms with Crippen LogP contribution in [-0.2, 0) is 10.2 Å². The average Bonchev–Trinajstić information content (AvgIpc) is 2.61. The maximum atomic E-state index is 11.5. The third kappa shape index (κ3) is 3.05. The van der Waals surface area contributed by atoms with Crippen LogP contribution in [0.4, 0.5) is 0 Å². The summed E-state index contributed by atoms with van der Waals surface area (Å²) < 4.78 is 0. The summed E-state index contributed by atoms with van der Waals surface area (Å²) in [7, 11) is 0. The highest BCUT2D eigenvalue weighted by Gasteiger charge is 2.57. The summed E-state index contributed by atoms with van der Waals surface area (Å²) in [5.74, 6) is -1.31. The average molecular weight is 370 g/mol. The van der Waals surface area contributed by atoms with Crippen molar-refractivity contribution >= 4 is 5.97 Å². The molecule has 0 aliphatic heterocycles. The number of hydrogen-bond acceptors (Lipinski definition) is 3. The van der Waals surface area contributed by atoms with Crippen molar-refractivity contribution in [1.82, 2.24) is 0 Å². The number of benzene rings is 1. The second-order valence-electron chi connectivity index (χ2n) is 9.05. The first-order valence-corrected chi connectivity index (χ1v) is 9.77. The van der Waals surface area contributed by atoms with E-state index in [0.29, 0.717) is 0 Å². The first kappa shape index (κ1) is 19.5. The van der Waals surface area contributed by atoms with Crippen molar-refractivity contribution in [2.24, 2.45) is 16.7 Å². The zero-order valence-electron chi connectivity index (χ0n) is 16.4. The number of carboxylic acids is 1. The van der Waals surface area contributed by atoms with E-state index in [2.05, 4.69) is 32.9 Å². The summed E-state index contributed by atoms with van der Waals surface area (Å²) in [6, 6.07) is 4.89. The third-order valence-corrected chi connectivity index (χ3v) is 6.65. The van der Waals surface area contributed by atoms with E-state index >= 15 is 0 Å². The zero-order valence-corrected chi connectivity index (χ0v) is 16.4. The summed E-state index contributed by atoms with van der Waals surface area (Å²) in [5, 5.41) is 30.0. The van der Waals surface area contributed by atoms with Crippen LogP contribution < -0.4 is 0 Å². The number of carbonyl (C=O) groups is 1. The SMILES string of the molecule is CC(C)(C)[C@]1(C2(c3ccc(O)cc3O)CCCCC2)C=C[C@H](C(=O)O)C=C1. The van der Waals surface area contributed by atoms with E-state index < -0.39 is 17.3 Å². The van der Waals surface area contributed by atoms with E-state index in [9.17, 15) is 20.1 Å². The number of rotatable bonds is 3. The number of hydrogen-bond donors (Lipinski definition) is 3. The summed E-state index contributed by atoms with van der Waals surface area (Å²) in [5.41, 5.74) is -0.123. The lowest BCUT2D eigenvalue weighted by atomic mass is 9.45. The molecule has 2 aliphatic carbocycles. The monoisotopic (exact) mass is 370 g/mol. The Morgan fingerprint density at radius 1 is 1.04 bits per heavy atom. The van der Waals surface area contributed by atoms with Gasteiger partial charge in [0, 0.05) is 22.5 Å². The van der Waals surface area contributed by atoms with E-state index in [-0.39, 0.29) is 22.3 Å². The van der Waals surface area contributed by atoms with Crippen LogP contribution in [-0.4, -0.2) is 21.3 Å². The van der Waals surface area contributed by atoms with Crippen LogP contribution >= 0.6 is 0 Å². The number of phenolic OH excluding ortho intramolecular Hbond substituents is 2. The normalized spacial score (nSPS) is 27.4. The van der Waals surface area contributed by atoms with Crippen LogP contribution in [0.2, 0.25) is 0 Å². The predicted molar refractivity (Wildman–Crippen MR) is 106 cm³/mol. The Bertz CT molecular complexity index is 762. The van der Waals surface area contributed by atoms with Gasteiger partial charge in [0.2, 0.25) is 0 Å². The molecule has 0 unspecified atom stereocenters. The molecular formula is C23H30O4. The Morgan fingerprint density at radius 3 is 2.11 bits per heavy atom. The molecule has 1 fully saturated rings. The first-order valence-electron chi connectivity index (χ1n) is 9.77. The molecule has 1 saturated carbocycles. The topological polar surface area (TPSA) is 77.8 Å². The highest BCUT2D eigenvalue weighted by Crippen LogP contribution is 2.63. The fourth-order valence-corrected chi connectivity index (χ4v) is 5.32. The van der Waals surface area contributed by atoms with Crippen LogP contribution in [0.1, 0.15) is 58.4 Å². The molecule has 3 rings (SSSR count). The number of carboxylic acid groups (broad SMARTS) is 1. The first-order chi connectivity index (χ1) is 12.6. The maximum absolute atomic E-state index is 11.5. The van der Waals surface area contributed by atoms with Crippen LogP contribution in [0.5, 0.6) is 11.5 Å². The van der Waals surface area contributed by atoms with Gasteiger partial charge in [-0.3, -0.25) is 4.79 Å². The largest absolute Gasteiger partial charge is 0.508 e. The standard InChI is InChI=1S/C23H30O4/c1-21(2,3)23(13-9-16(10-14-23)20(26)27)22(11-5-4-6-12-22)18-8-7-17(24)15-19(18)25/h7-10,13-16,24-25H,4-6,11-12H2,1-3H3,(H,26,27)/t16-,23-. The molecule has 0 radical (unpaired) electrons. The summed E-state index contributed by atoms with van der Waals surface area (Å²) >= 11 is 0. The van der Waals surface area contributed by atoms with Gasteiger partial charge in [0.1, 0.15) is 11.5 Å². The van der Waals surface area contributed by atoms with Gasteiger partial charge < -0.3 is 15.3 Å². The number of aromatic hydroxyl groups is 2. The predicted octanol–water partition coefficient (Wildman–Crippen LogP) is 5.16. The van der Waals surface area contributed by atoms with Gasteiger partial charge in [0.05, 0.1) is 5.92 Å². The van der Waals surface area contributed by atoms with E-state index in [1.54, 1.807) is 18.2 Å². The Kier molecular flexibility index (Phi) is 4.87. The second kappa shape index (κ2) is 6.74. The Balaban J connectivity index is 2.24. The van der Waals surface area contributed by atoms with E-state index in [0.717, 1.165) is 37.7 Å². The summed E-state index contributed by atoms with van der Waals surface area (Å²) in [6.07, 6.45) is 12.8. The molecule has 0 atom stereocenters. The van der Waals surface area contributed by atoms with Crippen molar-refractivity contribution in [1.29, 1.82) is 0 Å². The summed E-state index contributed by atoms with van der Waals surface area (Å²) in [6.45, 7) is 6.53. The molecular weight excluding hydrogens is 340 g/mol. The van der Waals surface area contributed by atoms with Crippen molar-refractivity contribution in [3.05, 3.63) is 48.1 Å². The zero-order chi connectivity index (χ0) is 19.9. The minimum absolute atomic E-state index is 0.0488. The number of allylic oxidation sites excluding steroid dienone is 2. The molecule has 0 amide bonds. The molecule has 0 aromatic heterocycles. The minimum Gasteiger partial charge on any atom is -0.508 e. The van der Waals surface area contributed by atoms with Crippen molar-refractivity contribution in [3.63, 3.8) is 0 Å². The molecule has 4 heteroatoms. The third-order valence-electron chi connectivity index (χ3n) is 6.65. The Labute approximate surface area is 161 Å². The van der Waals surface area contributed by atoms with Crippen LogP contribution in [0.15, 0.2) is 42.5 Å². The smallest absolute Gasteiger partial charge is 0.314 e. The Morgan fingerprint density at radius 2 is 1.63 bits per heavy atom. The highest BCUT2D eigenvalue weighted by atomic mass is 16.4. The molecule has 1 aromatic rings. The quantitative estimate of drug-likeness (QED) is 0.642. The molecule has 1 aromatic carbocycles. The summed E-state index contributed by atoms with van der Waals surface area (Å²) in [4.78, 5) is 11.5. The van der Waals surface area contributed by atoms with Gasteiger partial charge in [-0.1, -0.05) is 70.4 Å². The molecule has 2 aliphatic rings. The van der Waals surface area contributed by atoms with Gasteiger partial charge in [-0.2, -0.15) is 0 Å². The lowest BCUT2D eigenvalue weighted by Crippen LogP contribution is -2.53. The van der Waals surface area contributed by atoms with Crippen LogP contribution in [0.25, 0.3) is 0 Å². The van der Waals surface area contributed by atoms with Gasteiger partial charge in [-0.15, -0.1) is 0 Å². The molecule has 27 heavy (non-hydrogen) atoms. The highest BCUT2D eigenvalue weighted by molar-refractivity contribution is 5.75. The maximum Gasteiger partial charge on any atom is 0.314 e. The number of aliphatic carboxylic acids is 1.